The highest BCUT2D eigenvalue weighted by Gasteiger charge is 2.43. The highest BCUT2D eigenvalue weighted by molar-refractivity contribution is 7.91. The fourth-order valence-electron chi connectivity index (χ4n) is 4.58. The molecule has 2 saturated heterocycles. The minimum atomic E-state index is -4.15. The topological polar surface area (TPSA) is 132 Å². The fraction of sp³-hybridized carbons (Fsp3) is 0.370. The molecule has 0 spiro atoms. The molecule has 41 heavy (non-hydrogen) atoms. The van der Waals surface area contributed by atoms with E-state index in [1.54, 1.807) is 18.2 Å². The van der Waals surface area contributed by atoms with Crippen LogP contribution in [0.1, 0.15) is 19.3 Å². The summed E-state index contributed by atoms with van der Waals surface area (Å²) in [6.45, 7) is -0.0998. The van der Waals surface area contributed by atoms with E-state index in [2.05, 4.69) is 5.48 Å². The van der Waals surface area contributed by atoms with Crippen LogP contribution in [-0.4, -0.2) is 76.2 Å². The van der Waals surface area contributed by atoms with Crippen molar-refractivity contribution in [2.75, 3.05) is 32.5 Å². The lowest BCUT2D eigenvalue weighted by atomic mass is 10.2. The average molecular weight is 622 g/mol. The van der Waals surface area contributed by atoms with E-state index >= 15 is 0 Å². The van der Waals surface area contributed by atoms with Crippen LogP contribution in [-0.2, 0) is 34.4 Å². The summed E-state index contributed by atoms with van der Waals surface area (Å²) >= 11 is 1.07. The third-order valence-electron chi connectivity index (χ3n) is 6.76. The number of nitrogens with one attached hydrogen (secondary N) is 1. The predicted molar refractivity (Wildman–Crippen MR) is 153 cm³/mol. The van der Waals surface area contributed by atoms with Gasteiger partial charge >= 0.3 is 0 Å². The predicted octanol–water partition coefficient (Wildman–Crippen LogP) is 3.42. The number of carbonyl (C=O) groups is 1. The largest absolute Gasteiger partial charge is 0.457 e. The first-order valence-corrected chi connectivity index (χ1v) is 17.2. The van der Waals surface area contributed by atoms with Crippen LogP contribution in [0.3, 0.4) is 0 Å². The number of hydrogen-bond acceptors (Lipinski definition) is 9. The van der Waals surface area contributed by atoms with E-state index in [1.807, 2.05) is 42.5 Å². The summed E-state index contributed by atoms with van der Waals surface area (Å²) in [5.74, 6) is 0.584. The van der Waals surface area contributed by atoms with E-state index in [4.69, 9.17) is 14.3 Å². The van der Waals surface area contributed by atoms with Crippen molar-refractivity contribution < 1.29 is 35.9 Å². The van der Waals surface area contributed by atoms with Crippen molar-refractivity contribution in [1.82, 2.24) is 14.1 Å². The van der Waals surface area contributed by atoms with Crippen LogP contribution in [0.5, 0.6) is 11.5 Å². The number of piperazine rings is 1. The Labute approximate surface area is 243 Å². The van der Waals surface area contributed by atoms with Gasteiger partial charge in [0.25, 0.3) is 15.9 Å². The molecule has 3 aromatic rings. The Kier molecular flexibility index (Phi) is 9.09. The molecule has 1 N–H and O–H groups in total. The number of hydroxylamine groups is 1. The standard InChI is InChI=1S/C27H31N3O8S3/c1-40(32,33)29-16-17-30(23(19-29)27(31)28-38-25-9-5-6-18-36-25)41(34,35)26-15-14-24(39-26)20-10-12-22(13-11-20)37-21-7-3-2-4-8-21/h2-4,7-8,10-15,23,25H,5-6,9,16-19H2,1H3,(H,28,31)/t23-,25?/m1/s1. The molecule has 0 saturated carbocycles. The van der Waals surface area contributed by atoms with Gasteiger partial charge in [-0.15, -0.1) is 11.3 Å². The molecule has 2 aliphatic heterocycles. The molecule has 14 heteroatoms. The van der Waals surface area contributed by atoms with Crippen molar-refractivity contribution in [3.8, 4) is 21.9 Å². The molecule has 0 aliphatic carbocycles. The number of benzene rings is 2. The maximum Gasteiger partial charge on any atom is 0.263 e. The summed E-state index contributed by atoms with van der Waals surface area (Å²) in [7, 11) is -7.80. The Bertz CT molecular complexity index is 1550. The van der Waals surface area contributed by atoms with Crippen LogP contribution in [0.25, 0.3) is 10.4 Å². The Hall–Kier alpha value is -2.85. The number of carbonyl (C=O) groups excluding carboxylic acids is 1. The molecule has 2 fully saturated rings. The lowest BCUT2D eigenvalue weighted by Crippen LogP contribution is -2.61. The highest BCUT2D eigenvalue weighted by atomic mass is 32.2. The van der Waals surface area contributed by atoms with Gasteiger partial charge in [-0.1, -0.05) is 18.2 Å². The summed E-state index contributed by atoms with van der Waals surface area (Å²) < 4.78 is 65.5. The number of ether oxygens (including phenoxy) is 2. The van der Waals surface area contributed by atoms with Crippen LogP contribution in [0.15, 0.2) is 70.9 Å². The van der Waals surface area contributed by atoms with Crippen molar-refractivity contribution in [3.63, 3.8) is 0 Å². The van der Waals surface area contributed by atoms with Gasteiger partial charge in [0, 0.05) is 37.5 Å². The summed E-state index contributed by atoms with van der Waals surface area (Å²) in [5, 5.41) is 0. The zero-order chi connectivity index (χ0) is 29.0. The highest BCUT2D eigenvalue weighted by Crippen LogP contribution is 2.35. The van der Waals surface area contributed by atoms with E-state index in [0.717, 1.165) is 44.6 Å². The van der Waals surface area contributed by atoms with Gasteiger partial charge in [0.1, 0.15) is 21.8 Å². The Morgan fingerprint density at radius 1 is 0.951 bits per heavy atom. The number of nitrogens with zero attached hydrogens (tertiary/aromatic N) is 2. The van der Waals surface area contributed by atoms with Gasteiger partial charge < -0.3 is 9.47 Å². The van der Waals surface area contributed by atoms with Crippen LogP contribution in [0, 0.1) is 0 Å². The third-order valence-corrected chi connectivity index (χ3v) is 11.5. The lowest BCUT2D eigenvalue weighted by molar-refractivity contribution is -0.202. The lowest BCUT2D eigenvalue weighted by Gasteiger charge is -2.38. The van der Waals surface area contributed by atoms with E-state index in [0.29, 0.717) is 29.4 Å². The molecule has 5 rings (SSSR count). The second kappa shape index (κ2) is 12.6. The number of amides is 1. The summed E-state index contributed by atoms with van der Waals surface area (Å²) in [5.41, 5.74) is 3.10. The average Bonchev–Trinajstić information content (AvgIpc) is 3.48. The maximum atomic E-state index is 13.8. The van der Waals surface area contributed by atoms with Gasteiger partial charge in [-0.05, 0) is 66.9 Å². The van der Waals surface area contributed by atoms with Crippen molar-refractivity contribution in [2.45, 2.75) is 35.8 Å². The number of rotatable bonds is 9. The van der Waals surface area contributed by atoms with Crippen molar-refractivity contribution >= 4 is 37.3 Å². The summed E-state index contributed by atoms with van der Waals surface area (Å²) in [6.07, 6.45) is 2.73. The Balaban J connectivity index is 1.33. The molecule has 1 unspecified atom stereocenters. The SMILES string of the molecule is CS(=O)(=O)N1CCN(S(=O)(=O)c2ccc(-c3ccc(Oc4ccccc4)cc3)s2)[C@@H](C(=O)NOC2CCCCO2)C1. The quantitative estimate of drug-likeness (QED) is 0.360. The maximum absolute atomic E-state index is 13.8. The minimum Gasteiger partial charge on any atom is -0.457 e. The first kappa shape index (κ1) is 29.6. The zero-order valence-electron chi connectivity index (χ0n) is 22.3. The second-order valence-electron chi connectivity index (χ2n) is 9.69. The van der Waals surface area contributed by atoms with Crippen molar-refractivity contribution in [2.24, 2.45) is 0 Å². The molecule has 1 amide bonds. The van der Waals surface area contributed by atoms with E-state index in [1.165, 1.54) is 6.07 Å². The molecule has 1 aromatic heterocycles. The van der Waals surface area contributed by atoms with Gasteiger partial charge in [-0.2, -0.15) is 8.61 Å². The second-order valence-corrected chi connectivity index (χ2v) is 14.9. The van der Waals surface area contributed by atoms with Gasteiger partial charge in [-0.3, -0.25) is 4.79 Å². The number of sulfonamides is 2. The molecule has 0 bridgehead atoms. The van der Waals surface area contributed by atoms with Crippen molar-refractivity contribution in [3.05, 3.63) is 66.7 Å². The molecule has 0 radical (unpaired) electrons. The van der Waals surface area contributed by atoms with Gasteiger partial charge in [-0.25, -0.2) is 27.2 Å². The van der Waals surface area contributed by atoms with E-state index < -0.39 is 38.3 Å². The normalized spacial score (nSPS) is 20.9. The monoisotopic (exact) mass is 621 g/mol. The number of thiophene rings is 1. The smallest absolute Gasteiger partial charge is 0.263 e. The number of hydrogen-bond donors (Lipinski definition) is 1. The third kappa shape index (κ3) is 7.15. The molecule has 2 aromatic carbocycles. The van der Waals surface area contributed by atoms with Crippen molar-refractivity contribution in [1.29, 1.82) is 0 Å². The first-order chi connectivity index (χ1) is 19.6. The van der Waals surface area contributed by atoms with Gasteiger partial charge in [0.15, 0.2) is 6.29 Å². The molecule has 11 nitrogen and oxygen atoms in total. The van der Waals surface area contributed by atoms with Gasteiger partial charge in [0.05, 0.1) is 6.26 Å². The van der Waals surface area contributed by atoms with E-state index in [-0.39, 0.29) is 23.8 Å². The first-order valence-electron chi connectivity index (χ1n) is 13.1. The number of para-hydroxylation sites is 1. The summed E-state index contributed by atoms with van der Waals surface area (Å²) in [6, 6.07) is 18.5. The Morgan fingerprint density at radius 3 is 2.37 bits per heavy atom. The Morgan fingerprint density at radius 2 is 1.68 bits per heavy atom. The molecule has 2 aliphatic rings. The van der Waals surface area contributed by atoms with Crippen LogP contribution in [0.4, 0.5) is 0 Å². The molecular formula is C27H31N3O8S3. The van der Waals surface area contributed by atoms with Crippen LogP contribution >= 0.6 is 11.3 Å². The fourth-order valence-corrected chi connectivity index (χ4v) is 8.42. The molecule has 2 atom stereocenters. The molecular weight excluding hydrogens is 591 g/mol. The molecule has 220 valence electrons. The van der Waals surface area contributed by atoms with Gasteiger partial charge in [0.2, 0.25) is 10.0 Å². The van der Waals surface area contributed by atoms with Crippen LogP contribution < -0.4 is 10.2 Å². The summed E-state index contributed by atoms with van der Waals surface area (Å²) in [4.78, 5) is 19.3. The van der Waals surface area contributed by atoms with E-state index in [9.17, 15) is 21.6 Å². The molecule has 3 heterocycles. The van der Waals surface area contributed by atoms with Crippen LogP contribution in [0.2, 0.25) is 0 Å². The zero-order valence-corrected chi connectivity index (χ0v) is 24.8. The minimum absolute atomic E-state index is 0.0410.